The Morgan fingerprint density at radius 3 is 1.57 bits per heavy atom. The smallest absolute Gasteiger partial charge is 0.0724 e. The van der Waals surface area contributed by atoms with E-state index in [1.54, 1.807) is 0 Å². The van der Waals surface area contributed by atoms with E-state index in [2.05, 4.69) is 179 Å². The first kappa shape index (κ1) is 28.1. The molecule has 0 spiro atoms. The minimum atomic E-state index is 1.12. The van der Waals surface area contributed by atoms with Crippen molar-refractivity contribution in [2.45, 2.75) is 0 Å². The predicted octanol–water partition coefficient (Wildman–Crippen LogP) is 13.1. The summed E-state index contributed by atoms with van der Waals surface area (Å²) in [6.45, 7) is 0. The average molecular weight is 647 g/mol. The molecule has 1 aliphatic carbocycles. The Kier molecular flexibility index (Phi) is 5.99. The number of aromatic nitrogens is 2. The summed E-state index contributed by atoms with van der Waals surface area (Å²) >= 11 is 0. The van der Waals surface area contributed by atoms with Crippen LogP contribution in [0.4, 0.5) is 0 Å². The monoisotopic (exact) mass is 646 g/mol. The molecule has 0 amide bonds. The Bertz CT molecular complexity index is 2840. The molecule has 236 valence electrons. The maximum Gasteiger partial charge on any atom is 0.0724 e. The molecule has 2 heterocycles. The van der Waals surface area contributed by atoms with Crippen LogP contribution in [0.2, 0.25) is 0 Å². The summed E-state index contributed by atoms with van der Waals surface area (Å²) in [6, 6.07) is 62.2. The van der Waals surface area contributed by atoms with Crippen molar-refractivity contribution < 1.29 is 0 Å². The Balaban J connectivity index is 1.15. The van der Waals surface area contributed by atoms with Crippen LogP contribution in [-0.4, -0.2) is 9.55 Å². The predicted molar refractivity (Wildman–Crippen MR) is 214 cm³/mol. The third kappa shape index (κ3) is 4.02. The molecule has 2 aromatic heterocycles. The number of hydrogen-bond acceptors (Lipinski definition) is 1. The third-order valence-electron chi connectivity index (χ3n) is 10.8. The molecule has 51 heavy (non-hydrogen) atoms. The van der Waals surface area contributed by atoms with Crippen molar-refractivity contribution in [2.75, 3.05) is 0 Å². The number of rotatable bonds is 4. The highest BCUT2D eigenvalue weighted by Crippen LogP contribution is 2.58. The lowest BCUT2D eigenvalue weighted by atomic mass is 9.82. The van der Waals surface area contributed by atoms with E-state index < -0.39 is 0 Å². The highest BCUT2D eigenvalue weighted by molar-refractivity contribution is 6.28. The molecular weight excluding hydrogens is 617 g/mol. The Labute approximate surface area is 295 Å². The van der Waals surface area contributed by atoms with E-state index in [9.17, 15) is 0 Å². The second kappa shape index (κ2) is 10.9. The fourth-order valence-electron chi connectivity index (χ4n) is 8.75. The molecule has 2 heteroatoms. The first-order valence-electron chi connectivity index (χ1n) is 17.6. The number of para-hydroxylation sites is 1. The van der Waals surface area contributed by atoms with Gasteiger partial charge in [0.15, 0.2) is 0 Å². The summed E-state index contributed by atoms with van der Waals surface area (Å²) < 4.78 is 2.33. The van der Waals surface area contributed by atoms with Crippen LogP contribution in [-0.2, 0) is 0 Å². The zero-order chi connectivity index (χ0) is 33.5. The van der Waals surface area contributed by atoms with Crippen LogP contribution in [0.5, 0.6) is 0 Å². The number of pyridine rings is 1. The van der Waals surface area contributed by atoms with E-state index in [0.717, 1.165) is 11.2 Å². The molecular formula is C49H30N2. The zero-order valence-corrected chi connectivity index (χ0v) is 27.7. The maximum atomic E-state index is 4.48. The summed E-state index contributed by atoms with van der Waals surface area (Å²) in [5.74, 6) is 0. The normalized spacial score (nSPS) is 11.9. The summed E-state index contributed by atoms with van der Waals surface area (Å²) in [5, 5.41) is 7.62. The topological polar surface area (TPSA) is 17.8 Å². The van der Waals surface area contributed by atoms with Gasteiger partial charge in [-0.2, -0.15) is 0 Å². The number of hydrogen-bond donors (Lipinski definition) is 0. The number of nitrogens with zero attached hydrogens (tertiary/aromatic N) is 2. The van der Waals surface area contributed by atoms with Gasteiger partial charge in [-0.25, -0.2) is 0 Å². The second-order valence-corrected chi connectivity index (χ2v) is 13.5. The standard InChI is InChI=1S/C49H30N2/c1-3-12-32(13-4-1)45-39-17-7-8-18-40(39)46(33-14-5-2-6-15-33)49-42-27-26-35(38-19-11-20-41(47(38)42)48(45)49)31-22-24-34(25-23-31)51-43-21-10-9-16-36(43)37-28-29-50-30-44(37)51/h1-30H. The highest BCUT2D eigenvalue weighted by atomic mass is 15.0. The minimum absolute atomic E-state index is 1.12. The van der Waals surface area contributed by atoms with Gasteiger partial charge in [0.2, 0.25) is 0 Å². The Morgan fingerprint density at radius 1 is 0.333 bits per heavy atom. The van der Waals surface area contributed by atoms with Gasteiger partial charge < -0.3 is 4.57 Å². The molecule has 0 unspecified atom stereocenters. The molecule has 11 rings (SSSR count). The van der Waals surface area contributed by atoms with E-state index in [4.69, 9.17) is 0 Å². The first-order chi connectivity index (χ1) is 25.3. The fraction of sp³-hybridized carbons (Fsp3) is 0. The molecule has 0 bridgehead atoms. The van der Waals surface area contributed by atoms with Gasteiger partial charge in [0.05, 0.1) is 17.2 Å². The van der Waals surface area contributed by atoms with Gasteiger partial charge in [-0.3, -0.25) is 4.98 Å². The van der Waals surface area contributed by atoms with Gasteiger partial charge in [-0.1, -0.05) is 146 Å². The molecule has 0 N–H and O–H groups in total. The molecule has 2 nitrogen and oxygen atoms in total. The van der Waals surface area contributed by atoms with Crippen molar-refractivity contribution in [3.8, 4) is 61.3 Å². The van der Waals surface area contributed by atoms with Crippen molar-refractivity contribution in [3.63, 3.8) is 0 Å². The minimum Gasteiger partial charge on any atom is -0.308 e. The van der Waals surface area contributed by atoms with Crippen LogP contribution in [0.15, 0.2) is 182 Å². The molecule has 10 aromatic rings. The highest BCUT2D eigenvalue weighted by Gasteiger charge is 2.31. The molecule has 1 aliphatic rings. The zero-order valence-electron chi connectivity index (χ0n) is 27.7. The molecule has 0 saturated carbocycles. The van der Waals surface area contributed by atoms with Crippen molar-refractivity contribution in [2.24, 2.45) is 0 Å². The van der Waals surface area contributed by atoms with E-state index in [1.807, 2.05) is 12.4 Å². The lowest BCUT2D eigenvalue weighted by molar-refractivity contribution is 1.17. The van der Waals surface area contributed by atoms with Crippen LogP contribution in [0.25, 0.3) is 105 Å². The second-order valence-electron chi connectivity index (χ2n) is 13.5. The molecule has 8 aromatic carbocycles. The van der Waals surface area contributed by atoms with Gasteiger partial charge in [-0.05, 0) is 101 Å². The van der Waals surface area contributed by atoms with Gasteiger partial charge in [0.25, 0.3) is 0 Å². The van der Waals surface area contributed by atoms with Crippen LogP contribution >= 0.6 is 0 Å². The van der Waals surface area contributed by atoms with Crippen LogP contribution in [0.3, 0.4) is 0 Å². The Morgan fingerprint density at radius 2 is 0.882 bits per heavy atom. The van der Waals surface area contributed by atoms with Crippen molar-refractivity contribution in [3.05, 3.63) is 182 Å². The molecule has 0 fully saturated rings. The van der Waals surface area contributed by atoms with Gasteiger partial charge >= 0.3 is 0 Å². The van der Waals surface area contributed by atoms with Gasteiger partial charge in [0.1, 0.15) is 0 Å². The van der Waals surface area contributed by atoms with Crippen molar-refractivity contribution in [1.82, 2.24) is 9.55 Å². The average Bonchev–Trinajstić information content (AvgIpc) is 3.72. The molecule has 0 radical (unpaired) electrons. The first-order valence-corrected chi connectivity index (χ1v) is 17.6. The lowest BCUT2D eigenvalue weighted by Crippen LogP contribution is -1.94. The van der Waals surface area contributed by atoms with Crippen LogP contribution in [0.1, 0.15) is 0 Å². The SMILES string of the molecule is c1ccc(-c2c3c(c(-c4ccccc4)c4ccccc24)-c2ccc(-c4ccc(-n5c6ccccc6c6ccncc65)cc4)c4cccc-3c24)cc1. The van der Waals surface area contributed by atoms with E-state index in [1.165, 1.54) is 93.5 Å². The maximum absolute atomic E-state index is 4.48. The summed E-state index contributed by atoms with van der Waals surface area (Å²) in [7, 11) is 0. The van der Waals surface area contributed by atoms with E-state index in [-0.39, 0.29) is 0 Å². The van der Waals surface area contributed by atoms with Crippen molar-refractivity contribution >= 4 is 43.4 Å². The lowest BCUT2D eigenvalue weighted by Gasteiger charge is -2.20. The van der Waals surface area contributed by atoms with Crippen LogP contribution < -0.4 is 0 Å². The van der Waals surface area contributed by atoms with Crippen molar-refractivity contribution in [1.29, 1.82) is 0 Å². The van der Waals surface area contributed by atoms with E-state index in [0.29, 0.717) is 0 Å². The number of fused-ring (bicyclic) bond motifs is 7. The van der Waals surface area contributed by atoms with Crippen LogP contribution in [0, 0.1) is 0 Å². The largest absolute Gasteiger partial charge is 0.308 e. The Hall–Kier alpha value is -6.77. The van der Waals surface area contributed by atoms with Gasteiger partial charge in [-0.15, -0.1) is 0 Å². The molecule has 0 saturated heterocycles. The van der Waals surface area contributed by atoms with E-state index >= 15 is 0 Å². The quantitative estimate of drug-likeness (QED) is 0.186. The molecule has 0 aliphatic heterocycles. The summed E-state index contributed by atoms with van der Waals surface area (Å²) in [5.41, 5.74) is 16.2. The number of benzene rings is 8. The third-order valence-corrected chi connectivity index (χ3v) is 10.8. The van der Waals surface area contributed by atoms with Gasteiger partial charge in [0, 0.05) is 22.7 Å². The fourth-order valence-corrected chi connectivity index (χ4v) is 8.75. The summed E-state index contributed by atoms with van der Waals surface area (Å²) in [6.07, 6.45) is 3.85. The molecule has 0 atom stereocenters. The summed E-state index contributed by atoms with van der Waals surface area (Å²) in [4.78, 5) is 4.48.